The number of ether oxygens (including phenoxy) is 1. The quantitative estimate of drug-likeness (QED) is 0.747. The molecule has 0 unspecified atom stereocenters. The number of hydrogen-bond donors (Lipinski definition) is 2. The molecule has 7 nitrogen and oxygen atoms in total. The first kappa shape index (κ1) is 19.3. The molecule has 0 saturated carbocycles. The second-order valence-electron chi connectivity index (χ2n) is 6.29. The number of anilines is 1. The standard InChI is InChI=1S/C20H20FN3O4/c1-13-2-3-15(12-17(13)21)19(26)23-9-8-22-18(25)14-4-6-16(7-5-14)24-10-11-28-20(24)27/h2-7,12H,8-11H2,1H3,(H,22,25)(H,23,26). The second kappa shape index (κ2) is 8.51. The lowest BCUT2D eigenvalue weighted by molar-refractivity contribution is 0.0927. The predicted octanol–water partition coefficient (Wildman–Crippen LogP) is 2.25. The number of nitrogens with zero attached hydrogens (tertiary/aromatic N) is 1. The summed E-state index contributed by atoms with van der Waals surface area (Å²) in [6, 6.07) is 10.8. The fourth-order valence-corrected chi connectivity index (χ4v) is 2.71. The van der Waals surface area contributed by atoms with Gasteiger partial charge in [0.1, 0.15) is 12.4 Å². The van der Waals surface area contributed by atoms with E-state index >= 15 is 0 Å². The van der Waals surface area contributed by atoms with E-state index in [2.05, 4.69) is 10.6 Å². The number of cyclic esters (lactones) is 1. The number of amides is 3. The Morgan fingerprint density at radius 2 is 1.64 bits per heavy atom. The van der Waals surface area contributed by atoms with Crippen molar-refractivity contribution in [3.05, 3.63) is 65.0 Å². The second-order valence-corrected chi connectivity index (χ2v) is 6.29. The molecule has 2 aromatic carbocycles. The molecular formula is C20H20FN3O4. The van der Waals surface area contributed by atoms with Crippen LogP contribution in [0.3, 0.4) is 0 Å². The summed E-state index contributed by atoms with van der Waals surface area (Å²) in [5.74, 6) is -1.15. The number of nitrogens with one attached hydrogen (secondary N) is 2. The van der Waals surface area contributed by atoms with Gasteiger partial charge >= 0.3 is 6.09 Å². The number of carbonyl (C=O) groups is 3. The molecule has 28 heavy (non-hydrogen) atoms. The van der Waals surface area contributed by atoms with Crippen LogP contribution < -0.4 is 15.5 Å². The average Bonchev–Trinajstić information content (AvgIpc) is 3.13. The average molecular weight is 385 g/mol. The van der Waals surface area contributed by atoms with Crippen molar-refractivity contribution < 1.29 is 23.5 Å². The highest BCUT2D eigenvalue weighted by Crippen LogP contribution is 2.19. The third kappa shape index (κ3) is 4.46. The fraction of sp³-hybridized carbons (Fsp3) is 0.250. The highest BCUT2D eigenvalue weighted by atomic mass is 19.1. The zero-order valence-electron chi connectivity index (χ0n) is 15.3. The van der Waals surface area contributed by atoms with E-state index in [1.54, 1.807) is 37.3 Å². The van der Waals surface area contributed by atoms with Crippen LogP contribution in [-0.4, -0.2) is 44.1 Å². The summed E-state index contributed by atoms with van der Waals surface area (Å²) in [5.41, 5.74) is 1.79. The van der Waals surface area contributed by atoms with Gasteiger partial charge in [-0.3, -0.25) is 14.5 Å². The molecule has 1 heterocycles. The maximum atomic E-state index is 13.5. The van der Waals surface area contributed by atoms with Gasteiger partial charge in [0.05, 0.1) is 6.54 Å². The van der Waals surface area contributed by atoms with Crippen LogP contribution in [0.5, 0.6) is 0 Å². The molecule has 8 heteroatoms. The van der Waals surface area contributed by atoms with Crippen molar-refractivity contribution in [2.75, 3.05) is 31.1 Å². The zero-order chi connectivity index (χ0) is 20.1. The Kier molecular flexibility index (Phi) is 5.88. The van der Waals surface area contributed by atoms with Gasteiger partial charge in [-0.05, 0) is 48.9 Å². The van der Waals surface area contributed by atoms with Crippen molar-refractivity contribution >= 4 is 23.6 Å². The Bertz CT molecular complexity index is 899. The number of rotatable bonds is 6. The molecule has 1 aliphatic rings. The van der Waals surface area contributed by atoms with Crippen LogP contribution in [-0.2, 0) is 4.74 Å². The van der Waals surface area contributed by atoms with Crippen molar-refractivity contribution in [3.63, 3.8) is 0 Å². The van der Waals surface area contributed by atoms with E-state index < -0.39 is 17.8 Å². The molecule has 146 valence electrons. The van der Waals surface area contributed by atoms with E-state index in [0.717, 1.165) is 0 Å². The van der Waals surface area contributed by atoms with E-state index in [1.165, 1.54) is 17.0 Å². The Morgan fingerprint density at radius 1 is 1.04 bits per heavy atom. The molecule has 3 rings (SSSR count). The molecule has 0 spiro atoms. The Hall–Kier alpha value is -3.42. The van der Waals surface area contributed by atoms with Crippen LogP contribution in [0, 0.1) is 12.7 Å². The minimum absolute atomic E-state index is 0.206. The smallest absolute Gasteiger partial charge is 0.414 e. The Morgan fingerprint density at radius 3 is 2.21 bits per heavy atom. The first-order valence-electron chi connectivity index (χ1n) is 8.82. The predicted molar refractivity (Wildman–Crippen MR) is 101 cm³/mol. The first-order valence-corrected chi connectivity index (χ1v) is 8.82. The summed E-state index contributed by atoms with van der Waals surface area (Å²) in [6.45, 7) is 2.88. The zero-order valence-corrected chi connectivity index (χ0v) is 15.3. The third-order valence-corrected chi connectivity index (χ3v) is 4.33. The van der Waals surface area contributed by atoms with Crippen molar-refractivity contribution in [2.45, 2.75) is 6.92 Å². The molecule has 2 aromatic rings. The molecule has 0 aromatic heterocycles. The molecule has 2 N–H and O–H groups in total. The summed E-state index contributed by atoms with van der Waals surface area (Å²) in [5, 5.41) is 5.32. The van der Waals surface area contributed by atoms with Crippen LogP contribution >= 0.6 is 0 Å². The summed E-state index contributed by atoms with van der Waals surface area (Å²) in [7, 11) is 0. The molecule has 0 radical (unpaired) electrons. The summed E-state index contributed by atoms with van der Waals surface area (Å²) >= 11 is 0. The number of aryl methyl sites for hydroxylation is 1. The topological polar surface area (TPSA) is 87.7 Å². The lowest BCUT2D eigenvalue weighted by Crippen LogP contribution is -2.34. The maximum absolute atomic E-state index is 13.5. The van der Waals surface area contributed by atoms with Gasteiger partial charge in [0.2, 0.25) is 0 Å². The van der Waals surface area contributed by atoms with Crippen LogP contribution in [0.2, 0.25) is 0 Å². The summed E-state index contributed by atoms with van der Waals surface area (Å²) in [6.07, 6.45) is -0.401. The van der Waals surface area contributed by atoms with Gasteiger partial charge in [-0.25, -0.2) is 9.18 Å². The van der Waals surface area contributed by atoms with Crippen LogP contribution in [0.4, 0.5) is 14.9 Å². The number of halogens is 1. The number of benzene rings is 2. The van der Waals surface area contributed by atoms with Crippen molar-refractivity contribution in [2.24, 2.45) is 0 Å². The van der Waals surface area contributed by atoms with Crippen LogP contribution in [0.15, 0.2) is 42.5 Å². The fourth-order valence-electron chi connectivity index (χ4n) is 2.71. The molecule has 0 atom stereocenters. The van der Waals surface area contributed by atoms with Crippen molar-refractivity contribution in [1.82, 2.24) is 10.6 Å². The number of carbonyl (C=O) groups excluding carboxylic acids is 3. The molecular weight excluding hydrogens is 365 g/mol. The summed E-state index contributed by atoms with van der Waals surface area (Å²) in [4.78, 5) is 37.2. The van der Waals surface area contributed by atoms with Crippen molar-refractivity contribution in [1.29, 1.82) is 0 Å². The monoisotopic (exact) mass is 385 g/mol. The Labute approximate surface area is 161 Å². The molecule has 0 bridgehead atoms. The molecule has 1 fully saturated rings. The van der Waals surface area contributed by atoms with Gasteiger partial charge in [0, 0.05) is 29.9 Å². The first-order chi connectivity index (χ1) is 13.5. The van der Waals surface area contributed by atoms with E-state index in [0.29, 0.717) is 30.0 Å². The largest absolute Gasteiger partial charge is 0.447 e. The van der Waals surface area contributed by atoms with Gasteiger partial charge in [0.25, 0.3) is 11.8 Å². The lowest BCUT2D eigenvalue weighted by atomic mass is 10.1. The third-order valence-electron chi connectivity index (χ3n) is 4.33. The van der Waals surface area contributed by atoms with Crippen LogP contribution in [0.1, 0.15) is 26.3 Å². The SMILES string of the molecule is Cc1ccc(C(=O)NCCNC(=O)c2ccc(N3CCOC3=O)cc2)cc1F. The highest BCUT2D eigenvalue weighted by Gasteiger charge is 2.23. The van der Waals surface area contributed by atoms with Gasteiger partial charge in [-0.2, -0.15) is 0 Å². The van der Waals surface area contributed by atoms with Gasteiger partial charge in [-0.15, -0.1) is 0 Å². The Balaban J connectivity index is 1.45. The van der Waals surface area contributed by atoms with Gasteiger partial charge in [-0.1, -0.05) is 6.07 Å². The summed E-state index contributed by atoms with van der Waals surface area (Å²) < 4.78 is 18.4. The van der Waals surface area contributed by atoms with E-state index in [4.69, 9.17) is 4.74 Å². The molecule has 1 aliphatic heterocycles. The normalized spacial score (nSPS) is 13.2. The molecule has 3 amide bonds. The molecule has 1 saturated heterocycles. The minimum atomic E-state index is -0.438. The van der Waals surface area contributed by atoms with Gasteiger partial charge in [0.15, 0.2) is 0 Å². The van der Waals surface area contributed by atoms with Crippen LogP contribution in [0.25, 0.3) is 0 Å². The van der Waals surface area contributed by atoms with Gasteiger partial charge < -0.3 is 15.4 Å². The minimum Gasteiger partial charge on any atom is -0.447 e. The van der Waals surface area contributed by atoms with E-state index in [-0.39, 0.29) is 24.6 Å². The van der Waals surface area contributed by atoms with E-state index in [9.17, 15) is 18.8 Å². The van der Waals surface area contributed by atoms with Crippen molar-refractivity contribution in [3.8, 4) is 0 Å². The lowest BCUT2D eigenvalue weighted by Gasteiger charge is -2.13. The molecule has 0 aliphatic carbocycles. The maximum Gasteiger partial charge on any atom is 0.414 e. The van der Waals surface area contributed by atoms with E-state index in [1.807, 2.05) is 0 Å². The highest BCUT2D eigenvalue weighted by molar-refractivity contribution is 5.96. The number of hydrogen-bond acceptors (Lipinski definition) is 4.